The van der Waals surface area contributed by atoms with Crippen LogP contribution < -0.4 is 4.90 Å². The number of pyridine rings is 1. The summed E-state index contributed by atoms with van der Waals surface area (Å²) in [6.45, 7) is 3.73. The van der Waals surface area contributed by atoms with Gasteiger partial charge in [-0.05, 0) is 44.0 Å². The number of piperidine rings is 1. The van der Waals surface area contributed by atoms with E-state index in [2.05, 4.69) is 36.7 Å². The van der Waals surface area contributed by atoms with E-state index in [9.17, 15) is 0 Å². The molecule has 0 atom stereocenters. The zero-order valence-corrected chi connectivity index (χ0v) is 17.3. The number of fused-ring (bicyclic) bond motifs is 4. The molecule has 0 amide bonds. The molecule has 1 aromatic carbocycles. The van der Waals surface area contributed by atoms with Crippen LogP contribution in [0.2, 0.25) is 5.02 Å². The highest BCUT2D eigenvalue weighted by atomic mass is 35.5. The maximum Gasteiger partial charge on any atom is 0.176 e. The highest BCUT2D eigenvalue weighted by molar-refractivity contribution is 6.34. The lowest BCUT2D eigenvalue weighted by molar-refractivity contribution is 0.481. The quantitative estimate of drug-likeness (QED) is 0.429. The average molecular weight is 418 g/mol. The molecule has 1 fully saturated rings. The summed E-state index contributed by atoms with van der Waals surface area (Å²) in [4.78, 5) is 7.31. The molecule has 0 unspecified atom stereocenters. The zero-order chi connectivity index (χ0) is 20.2. The van der Waals surface area contributed by atoms with Gasteiger partial charge in [-0.1, -0.05) is 29.8 Å². The third-order valence-electron chi connectivity index (χ3n) is 6.05. The van der Waals surface area contributed by atoms with Crippen LogP contribution in [0.4, 0.5) is 5.82 Å². The van der Waals surface area contributed by atoms with E-state index >= 15 is 0 Å². The van der Waals surface area contributed by atoms with Gasteiger partial charge in [0, 0.05) is 30.6 Å². The summed E-state index contributed by atoms with van der Waals surface area (Å²) in [6, 6.07) is 14.3. The van der Waals surface area contributed by atoms with E-state index in [1.165, 1.54) is 0 Å². The number of para-hydroxylation sites is 1. The smallest absolute Gasteiger partial charge is 0.176 e. The molecule has 30 heavy (non-hydrogen) atoms. The van der Waals surface area contributed by atoms with Crippen LogP contribution in [0, 0.1) is 6.92 Å². The van der Waals surface area contributed by atoms with Gasteiger partial charge in [0.05, 0.1) is 11.2 Å². The molecule has 0 aliphatic carbocycles. The highest BCUT2D eigenvalue weighted by Gasteiger charge is 2.27. The Morgan fingerprint density at radius 3 is 2.67 bits per heavy atom. The second kappa shape index (κ2) is 6.67. The Morgan fingerprint density at radius 2 is 1.80 bits per heavy atom. The van der Waals surface area contributed by atoms with Gasteiger partial charge < -0.3 is 4.90 Å². The number of rotatable bonds is 2. The van der Waals surface area contributed by atoms with E-state index in [0.29, 0.717) is 16.6 Å². The molecule has 5 heterocycles. The average Bonchev–Trinajstić information content (AvgIpc) is 3.35. The van der Waals surface area contributed by atoms with Crippen molar-refractivity contribution in [1.29, 1.82) is 0 Å². The maximum atomic E-state index is 6.52. The first kappa shape index (κ1) is 17.7. The third-order valence-corrected chi connectivity index (χ3v) is 6.49. The molecule has 1 aliphatic heterocycles. The van der Waals surface area contributed by atoms with Crippen LogP contribution in [0.5, 0.6) is 0 Å². The summed E-state index contributed by atoms with van der Waals surface area (Å²) < 4.78 is 3.96. The molecule has 1 aliphatic rings. The van der Waals surface area contributed by atoms with E-state index in [0.717, 1.165) is 59.8 Å². The summed E-state index contributed by atoms with van der Waals surface area (Å²) in [5.74, 6) is 2.41. The minimum atomic E-state index is 0.384. The van der Waals surface area contributed by atoms with Gasteiger partial charge in [-0.25, -0.2) is 9.50 Å². The Morgan fingerprint density at radius 1 is 1.00 bits per heavy atom. The molecular formula is C22H20ClN7. The van der Waals surface area contributed by atoms with E-state index in [-0.39, 0.29) is 0 Å². The lowest BCUT2D eigenvalue weighted by Gasteiger charge is -2.32. The van der Waals surface area contributed by atoms with Gasteiger partial charge in [-0.15, -0.1) is 10.2 Å². The molecule has 0 radical (unpaired) electrons. The number of aryl methyl sites for hydroxylation is 1. The minimum Gasteiger partial charge on any atom is -0.356 e. The van der Waals surface area contributed by atoms with Crippen LogP contribution in [0.25, 0.3) is 22.2 Å². The van der Waals surface area contributed by atoms with Gasteiger partial charge in [0.25, 0.3) is 0 Å². The molecule has 150 valence electrons. The number of benzene rings is 1. The van der Waals surface area contributed by atoms with Crippen molar-refractivity contribution in [3.05, 3.63) is 65.2 Å². The Balaban J connectivity index is 1.37. The second-order valence-corrected chi connectivity index (χ2v) is 8.21. The molecule has 7 nitrogen and oxygen atoms in total. The van der Waals surface area contributed by atoms with E-state index < -0.39 is 0 Å². The molecule has 4 aromatic heterocycles. The van der Waals surface area contributed by atoms with Crippen molar-refractivity contribution < 1.29 is 0 Å². The number of aromatic nitrogens is 6. The van der Waals surface area contributed by atoms with Crippen LogP contribution in [-0.2, 0) is 0 Å². The Hall–Kier alpha value is -3.19. The van der Waals surface area contributed by atoms with Crippen molar-refractivity contribution in [1.82, 2.24) is 29.2 Å². The first-order valence-electron chi connectivity index (χ1n) is 10.2. The standard InChI is InChI=1S/C22H20ClN7/c1-14-19(23)22-24-21(16-6-2-3-7-17(16)30(22)27-14)28-12-9-15(10-13-28)20-26-25-18-8-4-5-11-29(18)20/h2-8,11,15H,9-10,12-13H2,1H3. The molecule has 0 spiro atoms. The fourth-order valence-corrected chi connectivity index (χ4v) is 4.66. The van der Waals surface area contributed by atoms with Crippen LogP contribution in [0.3, 0.4) is 0 Å². The van der Waals surface area contributed by atoms with Crippen molar-refractivity contribution in [2.45, 2.75) is 25.7 Å². The van der Waals surface area contributed by atoms with Gasteiger partial charge in [-0.2, -0.15) is 5.10 Å². The third kappa shape index (κ3) is 2.58. The number of nitrogens with zero attached hydrogens (tertiary/aromatic N) is 7. The Labute approximate surface area is 177 Å². The van der Waals surface area contributed by atoms with Crippen molar-refractivity contribution in [2.75, 3.05) is 18.0 Å². The first-order chi connectivity index (χ1) is 14.7. The summed E-state index contributed by atoms with van der Waals surface area (Å²) in [6.07, 6.45) is 4.05. The number of hydrogen-bond acceptors (Lipinski definition) is 5. The van der Waals surface area contributed by atoms with Crippen molar-refractivity contribution in [3.8, 4) is 0 Å². The Bertz CT molecular complexity index is 1400. The minimum absolute atomic E-state index is 0.384. The van der Waals surface area contributed by atoms with Gasteiger partial charge in [0.15, 0.2) is 11.3 Å². The normalized spacial score (nSPS) is 15.6. The second-order valence-electron chi connectivity index (χ2n) is 7.84. The van der Waals surface area contributed by atoms with E-state index in [4.69, 9.17) is 16.6 Å². The predicted octanol–water partition coefficient (Wildman–Crippen LogP) is 4.27. The van der Waals surface area contributed by atoms with Gasteiger partial charge in [0.1, 0.15) is 16.7 Å². The monoisotopic (exact) mass is 417 g/mol. The zero-order valence-electron chi connectivity index (χ0n) is 16.5. The number of hydrogen-bond donors (Lipinski definition) is 0. The van der Waals surface area contributed by atoms with Crippen LogP contribution >= 0.6 is 11.6 Å². The molecule has 1 saturated heterocycles. The predicted molar refractivity (Wildman–Crippen MR) is 117 cm³/mol. The summed E-state index contributed by atoms with van der Waals surface area (Å²) in [7, 11) is 0. The van der Waals surface area contributed by atoms with Crippen LogP contribution in [0.1, 0.15) is 30.3 Å². The molecule has 8 heteroatoms. The summed E-state index contributed by atoms with van der Waals surface area (Å²) >= 11 is 6.52. The number of halogens is 1. The van der Waals surface area contributed by atoms with Gasteiger partial charge >= 0.3 is 0 Å². The van der Waals surface area contributed by atoms with Crippen LogP contribution in [-0.4, -0.2) is 42.3 Å². The molecule has 0 bridgehead atoms. The summed E-state index contributed by atoms with van der Waals surface area (Å²) in [5.41, 5.74) is 3.44. The maximum absolute atomic E-state index is 6.52. The lowest BCUT2D eigenvalue weighted by atomic mass is 9.95. The first-order valence-corrected chi connectivity index (χ1v) is 10.6. The molecule has 0 saturated carbocycles. The fourth-order valence-electron chi connectivity index (χ4n) is 4.50. The van der Waals surface area contributed by atoms with Crippen molar-refractivity contribution >= 4 is 39.6 Å². The Kier molecular flexibility index (Phi) is 3.92. The number of anilines is 1. The largest absolute Gasteiger partial charge is 0.356 e. The van der Waals surface area contributed by atoms with Gasteiger partial charge in [-0.3, -0.25) is 4.40 Å². The molecule has 0 N–H and O–H groups in total. The van der Waals surface area contributed by atoms with Crippen LogP contribution in [0.15, 0.2) is 48.7 Å². The lowest BCUT2D eigenvalue weighted by Crippen LogP contribution is -2.34. The summed E-state index contributed by atoms with van der Waals surface area (Å²) in [5, 5.41) is 15.1. The molecular weight excluding hydrogens is 398 g/mol. The van der Waals surface area contributed by atoms with E-state index in [1.807, 2.05) is 48.0 Å². The SMILES string of the molecule is Cc1nn2c(nc(N3CCC(c4nnc5ccccn45)CC3)c3ccccc32)c1Cl. The van der Waals surface area contributed by atoms with Crippen molar-refractivity contribution in [2.24, 2.45) is 0 Å². The van der Waals surface area contributed by atoms with Gasteiger partial charge in [0.2, 0.25) is 0 Å². The highest BCUT2D eigenvalue weighted by Crippen LogP contribution is 2.34. The van der Waals surface area contributed by atoms with E-state index in [1.54, 1.807) is 0 Å². The molecule has 5 aromatic rings. The topological polar surface area (TPSA) is 63.6 Å². The fraction of sp³-hybridized carbons (Fsp3) is 0.273. The van der Waals surface area contributed by atoms with Crippen molar-refractivity contribution in [3.63, 3.8) is 0 Å². The molecule has 6 rings (SSSR count).